The Labute approximate surface area is 124 Å². The second-order valence-electron chi connectivity index (χ2n) is 5.53. The maximum absolute atomic E-state index is 12.3. The van der Waals surface area contributed by atoms with Gasteiger partial charge in [0.25, 0.3) is 5.91 Å². The van der Waals surface area contributed by atoms with E-state index in [1.54, 1.807) is 18.2 Å². The number of ether oxygens (including phenoxy) is 3. The van der Waals surface area contributed by atoms with Crippen molar-refractivity contribution in [2.24, 2.45) is 0 Å². The van der Waals surface area contributed by atoms with Crippen molar-refractivity contribution in [3.63, 3.8) is 0 Å². The monoisotopic (exact) mass is 291 g/mol. The van der Waals surface area contributed by atoms with Gasteiger partial charge in [-0.3, -0.25) is 4.79 Å². The third-order valence-electron chi connectivity index (χ3n) is 3.89. The van der Waals surface area contributed by atoms with Gasteiger partial charge >= 0.3 is 0 Å². The fourth-order valence-corrected chi connectivity index (χ4v) is 2.68. The first-order valence-corrected chi connectivity index (χ1v) is 7.56. The van der Waals surface area contributed by atoms with Crippen LogP contribution in [0.1, 0.15) is 36.5 Å². The highest BCUT2D eigenvalue weighted by atomic mass is 16.5. The van der Waals surface area contributed by atoms with Crippen molar-refractivity contribution >= 4 is 5.91 Å². The van der Waals surface area contributed by atoms with Crippen LogP contribution in [-0.2, 0) is 4.74 Å². The van der Waals surface area contributed by atoms with Crippen LogP contribution in [0.3, 0.4) is 0 Å². The Kier molecular flexibility index (Phi) is 4.29. The zero-order chi connectivity index (χ0) is 14.7. The average Bonchev–Trinajstić information content (AvgIpc) is 2.92. The summed E-state index contributed by atoms with van der Waals surface area (Å²) in [6, 6.07) is 5.33. The SMILES string of the molecule is C[C@H](NC(=O)c1ccc2c(c1)OCCCO2)[C@@H]1CCCO1. The van der Waals surface area contributed by atoms with E-state index in [9.17, 15) is 4.79 Å². The highest BCUT2D eigenvalue weighted by Crippen LogP contribution is 2.30. The molecule has 0 aromatic heterocycles. The van der Waals surface area contributed by atoms with Crippen LogP contribution in [0.5, 0.6) is 11.5 Å². The number of amides is 1. The number of fused-ring (bicyclic) bond motifs is 1. The summed E-state index contributed by atoms with van der Waals surface area (Å²) in [6.45, 7) is 4.03. The molecule has 2 aliphatic rings. The first kappa shape index (κ1) is 14.2. The van der Waals surface area contributed by atoms with Gasteiger partial charge in [-0.05, 0) is 38.0 Å². The lowest BCUT2D eigenvalue weighted by molar-refractivity contribution is 0.0712. The number of carbonyl (C=O) groups excluding carboxylic acids is 1. The molecule has 2 aliphatic heterocycles. The van der Waals surface area contributed by atoms with Crippen LogP contribution in [0, 0.1) is 0 Å². The van der Waals surface area contributed by atoms with Crippen LogP contribution < -0.4 is 14.8 Å². The summed E-state index contributed by atoms with van der Waals surface area (Å²) < 4.78 is 16.8. The smallest absolute Gasteiger partial charge is 0.251 e. The highest BCUT2D eigenvalue weighted by molar-refractivity contribution is 5.95. The predicted octanol–water partition coefficient (Wildman–Crippen LogP) is 2.15. The summed E-state index contributed by atoms with van der Waals surface area (Å²) in [6.07, 6.45) is 3.04. The molecule has 0 saturated carbocycles. The Balaban J connectivity index is 1.68. The summed E-state index contributed by atoms with van der Waals surface area (Å²) in [5.41, 5.74) is 0.587. The molecule has 2 atom stereocenters. The quantitative estimate of drug-likeness (QED) is 0.927. The minimum Gasteiger partial charge on any atom is -0.490 e. The van der Waals surface area contributed by atoms with Gasteiger partial charge in [-0.2, -0.15) is 0 Å². The largest absolute Gasteiger partial charge is 0.490 e. The van der Waals surface area contributed by atoms with Gasteiger partial charge in [0, 0.05) is 18.6 Å². The maximum atomic E-state index is 12.3. The molecule has 1 aromatic carbocycles. The lowest BCUT2D eigenvalue weighted by atomic mass is 10.1. The van der Waals surface area contributed by atoms with E-state index < -0.39 is 0 Å². The molecule has 0 radical (unpaired) electrons. The van der Waals surface area contributed by atoms with E-state index in [4.69, 9.17) is 14.2 Å². The standard InChI is InChI=1S/C16H21NO4/c1-11(13-4-2-7-19-13)17-16(18)12-5-6-14-15(10-12)21-9-3-8-20-14/h5-6,10-11,13H,2-4,7-9H2,1H3,(H,17,18)/t11-,13-/m0/s1. The van der Waals surface area contributed by atoms with Crippen molar-refractivity contribution in [2.75, 3.05) is 19.8 Å². The Morgan fingerprint density at radius 2 is 2.00 bits per heavy atom. The van der Waals surface area contributed by atoms with Gasteiger partial charge in [-0.25, -0.2) is 0 Å². The topological polar surface area (TPSA) is 56.8 Å². The summed E-state index contributed by atoms with van der Waals surface area (Å²) >= 11 is 0. The van der Waals surface area contributed by atoms with Crippen molar-refractivity contribution < 1.29 is 19.0 Å². The lowest BCUT2D eigenvalue weighted by Crippen LogP contribution is -2.40. The molecule has 3 rings (SSSR count). The minimum atomic E-state index is -0.103. The molecule has 1 aromatic rings. The van der Waals surface area contributed by atoms with Gasteiger partial charge in [-0.15, -0.1) is 0 Å². The van der Waals surface area contributed by atoms with Crippen LogP contribution in [0.25, 0.3) is 0 Å². The number of hydrogen-bond donors (Lipinski definition) is 1. The van der Waals surface area contributed by atoms with Crippen LogP contribution >= 0.6 is 0 Å². The Bertz CT molecular complexity index is 511. The normalized spacial score (nSPS) is 22.4. The van der Waals surface area contributed by atoms with Crippen molar-refractivity contribution in [1.82, 2.24) is 5.32 Å². The second kappa shape index (κ2) is 6.35. The van der Waals surface area contributed by atoms with E-state index >= 15 is 0 Å². The molecular formula is C16H21NO4. The van der Waals surface area contributed by atoms with E-state index in [1.165, 1.54) is 0 Å². The van der Waals surface area contributed by atoms with Crippen LogP contribution in [-0.4, -0.2) is 37.9 Å². The Hall–Kier alpha value is -1.75. The zero-order valence-electron chi connectivity index (χ0n) is 12.3. The van der Waals surface area contributed by atoms with Gasteiger partial charge in [0.2, 0.25) is 0 Å². The zero-order valence-corrected chi connectivity index (χ0v) is 12.3. The van der Waals surface area contributed by atoms with Crippen molar-refractivity contribution in [3.05, 3.63) is 23.8 Å². The maximum Gasteiger partial charge on any atom is 0.251 e. The van der Waals surface area contributed by atoms with E-state index in [1.807, 2.05) is 6.92 Å². The molecule has 0 unspecified atom stereocenters. The highest BCUT2D eigenvalue weighted by Gasteiger charge is 2.24. The molecule has 0 aliphatic carbocycles. The number of benzene rings is 1. The van der Waals surface area contributed by atoms with E-state index in [2.05, 4.69) is 5.32 Å². The third kappa shape index (κ3) is 3.29. The third-order valence-corrected chi connectivity index (χ3v) is 3.89. The molecule has 1 amide bonds. The molecule has 5 heteroatoms. The van der Waals surface area contributed by atoms with Crippen LogP contribution in [0.15, 0.2) is 18.2 Å². The molecule has 114 valence electrons. The average molecular weight is 291 g/mol. The van der Waals surface area contributed by atoms with Gasteiger partial charge in [0.05, 0.1) is 25.4 Å². The van der Waals surface area contributed by atoms with Crippen molar-refractivity contribution in [3.8, 4) is 11.5 Å². The number of nitrogens with one attached hydrogen (secondary N) is 1. The van der Waals surface area contributed by atoms with Crippen LogP contribution in [0.4, 0.5) is 0 Å². The fourth-order valence-electron chi connectivity index (χ4n) is 2.68. The number of rotatable bonds is 3. The van der Waals surface area contributed by atoms with Gasteiger partial charge < -0.3 is 19.5 Å². The van der Waals surface area contributed by atoms with Gasteiger partial charge in [0.1, 0.15) is 0 Å². The molecular weight excluding hydrogens is 270 g/mol. The summed E-state index contributed by atoms with van der Waals surface area (Å²) in [5, 5.41) is 3.00. The summed E-state index contributed by atoms with van der Waals surface area (Å²) in [4.78, 5) is 12.3. The first-order chi connectivity index (χ1) is 10.2. The molecule has 1 fully saturated rings. The van der Waals surface area contributed by atoms with Gasteiger partial charge in [0.15, 0.2) is 11.5 Å². The van der Waals surface area contributed by atoms with E-state index in [0.717, 1.165) is 25.9 Å². The molecule has 1 saturated heterocycles. The Morgan fingerprint density at radius 1 is 1.19 bits per heavy atom. The predicted molar refractivity (Wildman–Crippen MR) is 78.0 cm³/mol. The molecule has 1 N–H and O–H groups in total. The molecule has 0 bridgehead atoms. The molecule has 2 heterocycles. The summed E-state index contributed by atoms with van der Waals surface area (Å²) in [5.74, 6) is 1.25. The summed E-state index contributed by atoms with van der Waals surface area (Å²) in [7, 11) is 0. The lowest BCUT2D eigenvalue weighted by Gasteiger charge is -2.20. The first-order valence-electron chi connectivity index (χ1n) is 7.56. The Morgan fingerprint density at radius 3 is 2.76 bits per heavy atom. The minimum absolute atomic E-state index is 0.0102. The van der Waals surface area contributed by atoms with Gasteiger partial charge in [-0.1, -0.05) is 0 Å². The number of carbonyl (C=O) groups is 1. The van der Waals surface area contributed by atoms with E-state index in [-0.39, 0.29) is 18.1 Å². The molecule has 5 nitrogen and oxygen atoms in total. The number of hydrogen-bond acceptors (Lipinski definition) is 4. The second-order valence-corrected chi connectivity index (χ2v) is 5.53. The van der Waals surface area contributed by atoms with Crippen molar-refractivity contribution in [1.29, 1.82) is 0 Å². The molecule has 0 spiro atoms. The fraction of sp³-hybridized carbons (Fsp3) is 0.562. The van der Waals surface area contributed by atoms with Crippen molar-refractivity contribution in [2.45, 2.75) is 38.3 Å². The van der Waals surface area contributed by atoms with E-state index in [0.29, 0.717) is 30.3 Å². The van der Waals surface area contributed by atoms with Crippen LogP contribution in [0.2, 0.25) is 0 Å². The molecule has 21 heavy (non-hydrogen) atoms.